The Morgan fingerprint density at radius 1 is 1.30 bits per heavy atom. The lowest BCUT2D eigenvalue weighted by atomic mass is 10.0. The number of carbonyl (C=O) groups excluding carboxylic acids is 1. The van der Waals surface area contributed by atoms with Gasteiger partial charge in [-0.05, 0) is 49.1 Å². The van der Waals surface area contributed by atoms with Gasteiger partial charge < -0.3 is 10.4 Å². The number of carbonyl (C=O) groups is 1. The SMILES string of the molecule is CCCC(CCO)CNC(=O)c1ccn(-c2ccc(F)cc2)n1. The van der Waals surface area contributed by atoms with Gasteiger partial charge in [-0.1, -0.05) is 13.3 Å². The van der Waals surface area contributed by atoms with Crippen molar-refractivity contribution in [1.82, 2.24) is 15.1 Å². The fourth-order valence-corrected chi connectivity index (χ4v) is 2.45. The maximum absolute atomic E-state index is 12.9. The molecule has 1 aromatic heterocycles. The normalized spacial score (nSPS) is 12.1. The van der Waals surface area contributed by atoms with Crippen LogP contribution >= 0.6 is 0 Å². The van der Waals surface area contributed by atoms with E-state index in [1.165, 1.54) is 16.8 Å². The molecule has 0 aliphatic rings. The van der Waals surface area contributed by atoms with Crippen molar-refractivity contribution in [3.05, 3.63) is 48.0 Å². The van der Waals surface area contributed by atoms with Crippen molar-refractivity contribution >= 4 is 5.91 Å². The molecule has 0 aliphatic heterocycles. The highest BCUT2D eigenvalue weighted by Crippen LogP contribution is 2.11. The summed E-state index contributed by atoms with van der Waals surface area (Å²) in [5.74, 6) is -0.289. The molecule has 2 aromatic rings. The van der Waals surface area contributed by atoms with Crippen molar-refractivity contribution in [1.29, 1.82) is 0 Å². The van der Waals surface area contributed by atoms with Gasteiger partial charge in [0.25, 0.3) is 5.91 Å². The number of hydrogen-bond donors (Lipinski definition) is 2. The average molecular weight is 319 g/mol. The number of aliphatic hydroxyl groups excluding tert-OH is 1. The number of halogens is 1. The van der Waals surface area contributed by atoms with Crippen molar-refractivity contribution < 1.29 is 14.3 Å². The molecule has 0 fully saturated rings. The van der Waals surface area contributed by atoms with Crippen LogP contribution in [0.25, 0.3) is 5.69 Å². The van der Waals surface area contributed by atoms with E-state index >= 15 is 0 Å². The van der Waals surface area contributed by atoms with E-state index < -0.39 is 0 Å². The molecule has 1 aromatic carbocycles. The van der Waals surface area contributed by atoms with Gasteiger partial charge in [0.1, 0.15) is 5.82 Å². The largest absolute Gasteiger partial charge is 0.396 e. The minimum atomic E-state index is -0.315. The van der Waals surface area contributed by atoms with E-state index in [2.05, 4.69) is 17.3 Å². The molecule has 0 aliphatic carbocycles. The van der Waals surface area contributed by atoms with Crippen LogP contribution in [0.3, 0.4) is 0 Å². The number of rotatable bonds is 8. The van der Waals surface area contributed by atoms with E-state index in [9.17, 15) is 9.18 Å². The molecule has 1 heterocycles. The van der Waals surface area contributed by atoms with Crippen LogP contribution in [-0.4, -0.2) is 33.9 Å². The van der Waals surface area contributed by atoms with Gasteiger partial charge in [0.05, 0.1) is 5.69 Å². The Kier molecular flexibility index (Phi) is 6.29. The number of benzene rings is 1. The van der Waals surface area contributed by atoms with Crippen molar-refractivity contribution in [2.24, 2.45) is 5.92 Å². The lowest BCUT2D eigenvalue weighted by molar-refractivity contribution is 0.0937. The van der Waals surface area contributed by atoms with Gasteiger partial charge in [-0.2, -0.15) is 5.10 Å². The summed E-state index contributed by atoms with van der Waals surface area (Å²) < 4.78 is 14.5. The molecular weight excluding hydrogens is 297 g/mol. The second kappa shape index (κ2) is 8.43. The molecule has 0 saturated carbocycles. The first kappa shape index (κ1) is 17.1. The van der Waals surface area contributed by atoms with Crippen LogP contribution in [0.1, 0.15) is 36.7 Å². The maximum Gasteiger partial charge on any atom is 0.271 e. The van der Waals surface area contributed by atoms with Gasteiger partial charge in [0.15, 0.2) is 5.69 Å². The summed E-state index contributed by atoms with van der Waals surface area (Å²) in [6.45, 7) is 2.73. The van der Waals surface area contributed by atoms with Crippen LogP contribution in [-0.2, 0) is 0 Å². The van der Waals surface area contributed by atoms with E-state index in [-0.39, 0.29) is 24.2 Å². The summed E-state index contributed by atoms with van der Waals surface area (Å²) in [4.78, 5) is 12.1. The summed E-state index contributed by atoms with van der Waals surface area (Å²) in [6, 6.07) is 7.52. The Morgan fingerprint density at radius 3 is 2.70 bits per heavy atom. The van der Waals surface area contributed by atoms with E-state index in [4.69, 9.17) is 5.11 Å². The highest BCUT2D eigenvalue weighted by molar-refractivity contribution is 5.92. The average Bonchev–Trinajstić information content (AvgIpc) is 3.03. The number of nitrogens with zero attached hydrogens (tertiary/aromatic N) is 2. The van der Waals surface area contributed by atoms with E-state index in [0.29, 0.717) is 24.3 Å². The van der Waals surface area contributed by atoms with E-state index in [1.807, 2.05) is 0 Å². The Labute approximate surface area is 135 Å². The predicted molar refractivity (Wildman–Crippen MR) is 86.0 cm³/mol. The highest BCUT2D eigenvalue weighted by Gasteiger charge is 2.13. The molecule has 5 nitrogen and oxygen atoms in total. The van der Waals surface area contributed by atoms with Crippen molar-refractivity contribution in [2.45, 2.75) is 26.2 Å². The van der Waals surface area contributed by atoms with Crippen molar-refractivity contribution in [2.75, 3.05) is 13.2 Å². The molecule has 23 heavy (non-hydrogen) atoms. The van der Waals surface area contributed by atoms with Gasteiger partial charge in [-0.15, -0.1) is 0 Å². The van der Waals surface area contributed by atoms with Crippen LogP contribution in [0.5, 0.6) is 0 Å². The summed E-state index contributed by atoms with van der Waals surface area (Å²) >= 11 is 0. The lowest BCUT2D eigenvalue weighted by Gasteiger charge is -2.15. The van der Waals surface area contributed by atoms with Gasteiger partial charge >= 0.3 is 0 Å². The monoisotopic (exact) mass is 319 g/mol. The summed E-state index contributed by atoms with van der Waals surface area (Å²) in [5, 5.41) is 16.1. The first-order valence-electron chi connectivity index (χ1n) is 7.84. The minimum absolute atomic E-state index is 0.125. The summed E-state index contributed by atoms with van der Waals surface area (Å²) in [5.41, 5.74) is 1.00. The Hall–Kier alpha value is -2.21. The molecule has 6 heteroatoms. The molecule has 0 spiro atoms. The van der Waals surface area contributed by atoms with Gasteiger partial charge in [-0.3, -0.25) is 4.79 Å². The quantitative estimate of drug-likeness (QED) is 0.786. The molecule has 0 saturated heterocycles. The smallest absolute Gasteiger partial charge is 0.271 e. The molecule has 0 radical (unpaired) electrons. The number of nitrogens with one attached hydrogen (secondary N) is 1. The topological polar surface area (TPSA) is 67.2 Å². The van der Waals surface area contributed by atoms with Gasteiger partial charge in [0.2, 0.25) is 0 Å². The number of aromatic nitrogens is 2. The molecule has 124 valence electrons. The fourth-order valence-electron chi connectivity index (χ4n) is 2.45. The molecule has 1 atom stereocenters. The zero-order valence-electron chi connectivity index (χ0n) is 13.2. The minimum Gasteiger partial charge on any atom is -0.396 e. The van der Waals surface area contributed by atoms with Gasteiger partial charge in [0, 0.05) is 19.3 Å². The van der Waals surface area contributed by atoms with Crippen LogP contribution in [0, 0.1) is 11.7 Å². The third-order valence-electron chi connectivity index (χ3n) is 3.70. The first-order valence-corrected chi connectivity index (χ1v) is 7.84. The summed E-state index contributed by atoms with van der Waals surface area (Å²) in [6.07, 6.45) is 4.32. The summed E-state index contributed by atoms with van der Waals surface area (Å²) in [7, 11) is 0. The van der Waals surface area contributed by atoms with Crippen molar-refractivity contribution in [3.8, 4) is 5.69 Å². The van der Waals surface area contributed by atoms with Crippen LogP contribution < -0.4 is 5.32 Å². The molecule has 2 rings (SSSR count). The van der Waals surface area contributed by atoms with E-state index in [0.717, 1.165) is 12.8 Å². The molecule has 0 bridgehead atoms. The fraction of sp³-hybridized carbons (Fsp3) is 0.412. The number of hydrogen-bond acceptors (Lipinski definition) is 3. The molecule has 1 amide bonds. The standard InChI is InChI=1S/C17H22FN3O2/c1-2-3-13(9-11-22)12-19-17(23)16-8-10-21(20-16)15-6-4-14(18)5-7-15/h4-8,10,13,22H,2-3,9,11-12H2,1H3,(H,19,23). The lowest BCUT2D eigenvalue weighted by Crippen LogP contribution is -2.30. The zero-order valence-corrected chi connectivity index (χ0v) is 13.2. The van der Waals surface area contributed by atoms with Gasteiger partial charge in [-0.25, -0.2) is 9.07 Å². The first-order chi connectivity index (χ1) is 11.1. The second-order valence-electron chi connectivity index (χ2n) is 5.50. The Bertz CT molecular complexity index is 619. The third kappa shape index (κ3) is 4.89. The Morgan fingerprint density at radius 2 is 2.04 bits per heavy atom. The van der Waals surface area contributed by atoms with E-state index in [1.54, 1.807) is 24.4 Å². The third-order valence-corrected chi connectivity index (χ3v) is 3.70. The zero-order chi connectivity index (χ0) is 16.7. The Balaban J connectivity index is 1.96. The van der Waals surface area contributed by atoms with Crippen LogP contribution in [0.15, 0.2) is 36.5 Å². The van der Waals surface area contributed by atoms with Crippen LogP contribution in [0.4, 0.5) is 4.39 Å². The maximum atomic E-state index is 12.9. The van der Waals surface area contributed by atoms with Crippen molar-refractivity contribution in [3.63, 3.8) is 0 Å². The molecular formula is C17H22FN3O2. The van der Waals surface area contributed by atoms with Crippen LogP contribution in [0.2, 0.25) is 0 Å². The molecule has 1 unspecified atom stereocenters. The predicted octanol–water partition coefficient (Wildman–Crippen LogP) is 2.54. The second-order valence-corrected chi connectivity index (χ2v) is 5.50. The number of aliphatic hydroxyl groups is 1. The highest BCUT2D eigenvalue weighted by atomic mass is 19.1. The molecule has 2 N–H and O–H groups in total. The number of amides is 1.